The van der Waals surface area contributed by atoms with Crippen LogP contribution in [0.25, 0.3) is 0 Å². The van der Waals surface area contributed by atoms with Crippen LogP contribution in [0, 0.1) is 24.0 Å². The van der Waals surface area contributed by atoms with Crippen LogP contribution in [-0.4, -0.2) is 16.3 Å². The maximum absolute atomic E-state index is 10.6. The summed E-state index contributed by atoms with van der Waals surface area (Å²) in [4.78, 5) is 10.1. The molecule has 1 rings (SSSR count). The van der Waals surface area contributed by atoms with E-state index in [9.17, 15) is 10.1 Å². The SMILES string of the molecule is Cc1cc([N+](=O)[O-])c(C)cc1C=NO. The zero-order valence-electron chi connectivity index (χ0n) is 7.89. The van der Waals surface area contributed by atoms with E-state index in [0.29, 0.717) is 16.7 Å². The van der Waals surface area contributed by atoms with Crippen LogP contribution in [0.2, 0.25) is 0 Å². The average Bonchev–Trinajstić information content (AvgIpc) is 2.10. The molecular formula is C9H10N2O3. The molecule has 0 aliphatic carbocycles. The Labute approximate surface area is 80.8 Å². The van der Waals surface area contributed by atoms with Crippen LogP contribution in [0.3, 0.4) is 0 Å². The van der Waals surface area contributed by atoms with Gasteiger partial charge < -0.3 is 5.21 Å². The molecule has 14 heavy (non-hydrogen) atoms. The molecule has 5 heteroatoms. The third-order valence-corrected chi connectivity index (χ3v) is 1.98. The van der Waals surface area contributed by atoms with Crippen molar-refractivity contribution in [1.82, 2.24) is 0 Å². The van der Waals surface area contributed by atoms with Crippen molar-refractivity contribution in [2.45, 2.75) is 13.8 Å². The van der Waals surface area contributed by atoms with Gasteiger partial charge in [0.2, 0.25) is 0 Å². The third kappa shape index (κ3) is 1.87. The molecule has 0 bridgehead atoms. The van der Waals surface area contributed by atoms with Gasteiger partial charge in [0.1, 0.15) is 0 Å². The minimum Gasteiger partial charge on any atom is -0.411 e. The van der Waals surface area contributed by atoms with E-state index >= 15 is 0 Å². The number of rotatable bonds is 2. The molecular weight excluding hydrogens is 184 g/mol. The van der Waals surface area contributed by atoms with Gasteiger partial charge >= 0.3 is 0 Å². The predicted molar refractivity (Wildman–Crippen MR) is 52.0 cm³/mol. The molecule has 0 aliphatic heterocycles. The number of hydrogen-bond acceptors (Lipinski definition) is 4. The molecule has 1 N–H and O–H groups in total. The monoisotopic (exact) mass is 194 g/mol. The molecule has 0 radical (unpaired) electrons. The van der Waals surface area contributed by atoms with E-state index in [4.69, 9.17) is 5.21 Å². The van der Waals surface area contributed by atoms with Crippen molar-refractivity contribution >= 4 is 11.9 Å². The van der Waals surface area contributed by atoms with Crippen LogP contribution in [-0.2, 0) is 0 Å². The van der Waals surface area contributed by atoms with Gasteiger partial charge in [0.25, 0.3) is 5.69 Å². The van der Waals surface area contributed by atoms with Gasteiger partial charge in [-0.15, -0.1) is 0 Å². The van der Waals surface area contributed by atoms with Crippen molar-refractivity contribution in [2.75, 3.05) is 0 Å². The molecule has 0 atom stereocenters. The summed E-state index contributed by atoms with van der Waals surface area (Å²) < 4.78 is 0. The zero-order chi connectivity index (χ0) is 10.7. The van der Waals surface area contributed by atoms with Gasteiger partial charge in [0.05, 0.1) is 11.1 Å². The quantitative estimate of drug-likeness (QED) is 0.338. The lowest BCUT2D eigenvalue weighted by molar-refractivity contribution is -0.385. The Kier molecular flexibility index (Phi) is 2.81. The van der Waals surface area contributed by atoms with Gasteiger partial charge in [-0.05, 0) is 31.0 Å². The zero-order valence-corrected chi connectivity index (χ0v) is 7.89. The molecule has 1 aromatic carbocycles. The first kappa shape index (κ1) is 10.2. The predicted octanol–water partition coefficient (Wildman–Crippen LogP) is 2.02. The second kappa shape index (κ2) is 3.87. The summed E-state index contributed by atoms with van der Waals surface area (Å²) in [6.07, 6.45) is 1.26. The molecule has 0 saturated heterocycles. The summed E-state index contributed by atoms with van der Waals surface area (Å²) >= 11 is 0. The van der Waals surface area contributed by atoms with Gasteiger partial charge in [-0.1, -0.05) is 5.16 Å². The molecule has 0 amide bonds. The molecule has 0 spiro atoms. The fraction of sp³-hybridized carbons (Fsp3) is 0.222. The standard InChI is InChI=1S/C9H10N2O3/c1-6-4-9(11(13)14)7(2)3-8(6)5-10-12/h3-5,12H,1-2H3. The van der Waals surface area contributed by atoms with Gasteiger partial charge in [-0.2, -0.15) is 0 Å². The maximum Gasteiger partial charge on any atom is 0.272 e. The molecule has 0 aromatic heterocycles. The van der Waals surface area contributed by atoms with Crippen LogP contribution in [0.1, 0.15) is 16.7 Å². The van der Waals surface area contributed by atoms with E-state index in [-0.39, 0.29) is 5.69 Å². The Morgan fingerprint density at radius 2 is 2.07 bits per heavy atom. The van der Waals surface area contributed by atoms with Crippen molar-refractivity contribution in [2.24, 2.45) is 5.16 Å². The van der Waals surface area contributed by atoms with Gasteiger partial charge in [-0.3, -0.25) is 10.1 Å². The highest BCUT2D eigenvalue weighted by Gasteiger charge is 2.12. The minimum absolute atomic E-state index is 0.0811. The number of nitrogens with zero attached hydrogens (tertiary/aromatic N) is 2. The van der Waals surface area contributed by atoms with Crippen LogP contribution in [0.4, 0.5) is 5.69 Å². The Balaban J connectivity index is 3.30. The topological polar surface area (TPSA) is 75.7 Å². The van der Waals surface area contributed by atoms with E-state index in [1.54, 1.807) is 19.9 Å². The van der Waals surface area contributed by atoms with Crippen molar-refractivity contribution < 1.29 is 10.1 Å². The second-order valence-electron chi connectivity index (χ2n) is 3.00. The van der Waals surface area contributed by atoms with E-state index in [2.05, 4.69) is 5.16 Å². The third-order valence-electron chi connectivity index (χ3n) is 1.98. The maximum atomic E-state index is 10.6. The first-order chi connectivity index (χ1) is 6.56. The largest absolute Gasteiger partial charge is 0.411 e. The molecule has 74 valence electrons. The Bertz CT molecular complexity index is 399. The fourth-order valence-corrected chi connectivity index (χ4v) is 1.22. The highest BCUT2D eigenvalue weighted by Crippen LogP contribution is 2.21. The Morgan fingerprint density at radius 3 is 2.57 bits per heavy atom. The van der Waals surface area contributed by atoms with Crippen LogP contribution < -0.4 is 0 Å². The van der Waals surface area contributed by atoms with Crippen molar-refractivity contribution in [1.29, 1.82) is 0 Å². The molecule has 0 unspecified atom stereocenters. The van der Waals surface area contributed by atoms with E-state index in [1.165, 1.54) is 12.3 Å². The first-order valence-corrected chi connectivity index (χ1v) is 3.99. The summed E-state index contributed by atoms with van der Waals surface area (Å²) in [7, 11) is 0. The van der Waals surface area contributed by atoms with Crippen molar-refractivity contribution in [3.63, 3.8) is 0 Å². The number of nitro benzene ring substituents is 1. The smallest absolute Gasteiger partial charge is 0.272 e. The van der Waals surface area contributed by atoms with Crippen LogP contribution in [0.5, 0.6) is 0 Å². The average molecular weight is 194 g/mol. The second-order valence-corrected chi connectivity index (χ2v) is 3.00. The molecule has 0 fully saturated rings. The van der Waals surface area contributed by atoms with Crippen LogP contribution in [0.15, 0.2) is 17.3 Å². The summed E-state index contributed by atoms with van der Waals surface area (Å²) in [5.41, 5.74) is 2.02. The summed E-state index contributed by atoms with van der Waals surface area (Å²) in [6, 6.07) is 3.08. The molecule has 5 nitrogen and oxygen atoms in total. The lowest BCUT2D eigenvalue weighted by atomic mass is 10.0. The van der Waals surface area contributed by atoms with E-state index < -0.39 is 4.92 Å². The van der Waals surface area contributed by atoms with E-state index in [0.717, 1.165) is 0 Å². The molecule has 1 aromatic rings. The normalized spacial score (nSPS) is 10.7. The lowest BCUT2D eigenvalue weighted by Crippen LogP contribution is -1.96. The highest BCUT2D eigenvalue weighted by atomic mass is 16.6. The summed E-state index contributed by atoms with van der Waals surface area (Å²) in [5.74, 6) is 0. The van der Waals surface area contributed by atoms with Gasteiger partial charge in [0.15, 0.2) is 0 Å². The summed E-state index contributed by atoms with van der Waals surface area (Å²) in [6.45, 7) is 3.37. The molecule has 0 saturated carbocycles. The van der Waals surface area contributed by atoms with Crippen molar-refractivity contribution in [3.05, 3.63) is 38.9 Å². The van der Waals surface area contributed by atoms with Crippen molar-refractivity contribution in [3.8, 4) is 0 Å². The Hall–Kier alpha value is -1.91. The number of aryl methyl sites for hydroxylation is 2. The first-order valence-electron chi connectivity index (χ1n) is 3.99. The molecule has 0 heterocycles. The highest BCUT2D eigenvalue weighted by molar-refractivity contribution is 5.82. The summed E-state index contributed by atoms with van der Waals surface area (Å²) in [5, 5.41) is 21.8. The molecule has 0 aliphatic rings. The van der Waals surface area contributed by atoms with Gasteiger partial charge in [-0.25, -0.2) is 0 Å². The number of hydrogen-bond donors (Lipinski definition) is 1. The fourth-order valence-electron chi connectivity index (χ4n) is 1.22. The minimum atomic E-state index is -0.428. The lowest BCUT2D eigenvalue weighted by Gasteiger charge is -2.02. The number of oxime groups is 1. The number of benzene rings is 1. The van der Waals surface area contributed by atoms with Gasteiger partial charge in [0, 0.05) is 11.6 Å². The Morgan fingerprint density at radius 1 is 1.43 bits per heavy atom. The number of nitro groups is 1. The van der Waals surface area contributed by atoms with Crippen LogP contribution >= 0.6 is 0 Å². The van der Waals surface area contributed by atoms with E-state index in [1.807, 2.05) is 0 Å².